The van der Waals surface area contributed by atoms with E-state index in [9.17, 15) is 0 Å². The van der Waals surface area contributed by atoms with Gasteiger partial charge in [0, 0.05) is 32.0 Å². The highest BCUT2D eigenvalue weighted by atomic mass is 15.2. The van der Waals surface area contributed by atoms with E-state index in [0.29, 0.717) is 11.6 Å². The number of rotatable bonds is 6. The summed E-state index contributed by atoms with van der Waals surface area (Å²) in [5.41, 5.74) is 3.54. The van der Waals surface area contributed by atoms with Crippen LogP contribution >= 0.6 is 0 Å². The smallest absolute Gasteiger partial charge is 0.207 e. The number of aromatic nitrogens is 4. The molecule has 3 N–H and O–H groups in total. The van der Waals surface area contributed by atoms with Crippen LogP contribution in [0.2, 0.25) is 0 Å². The van der Waals surface area contributed by atoms with Crippen LogP contribution in [0.3, 0.4) is 0 Å². The van der Waals surface area contributed by atoms with Crippen molar-refractivity contribution >= 4 is 34.3 Å². The molecule has 23 heavy (non-hydrogen) atoms. The lowest BCUT2D eigenvalue weighted by Gasteiger charge is -2.13. The summed E-state index contributed by atoms with van der Waals surface area (Å²) < 4.78 is 0. The number of hydrogen-bond acceptors (Lipinski definition) is 6. The molecule has 0 aliphatic rings. The Bertz CT molecular complexity index is 794. The molecule has 0 saturated heterocycles. The van der Waals surface area contributed by atoms with Gasteiger partial charge in [-0.3, -0.25) is 0 Å². The fourth-order valence-electron chi connectivity index (χ4n) is 2.26. The maximum atomic E-state index is 4.48. The molecule has 0 atom stereocenters. The van der Waals surface area contributed by atoms with Crippen molar-refractivity contribution in [3.05, 3.63) is 30.6 Å². The summed E-state index contributed by atoms with van der Waals surface area (Å²) in [6.45, 7) is 2.97. The van der Waals surface area contributed by atoms with Crippen molar-refractivity contribution in [2.45, 2.75) is 13.3 Å². The Morgan fingerprint density at radius 2 is 2.09 bits per heavy atom. The number of nitrogens with zero attached hydrogens (tertiary/aromatic N) is 4. The second-order valence-electron chi connectivity index (χ2n) is 5.50. The second-order valence-corrected chi connectivity index (χ2v) is 5.50. The lowest BCUT2D eigenvalue weighted by Crippen LogP contribution is -2.08. The molecule has 2 aromatic heterocycles. The number of H-pyrrole nitrogens is 1. The third-order valence-corrected chi connectivity index (χ3v) is 3.46. The summed E-state index contributed by atoms with van der Waals surface area (Å²) in [6.07, 6.45) is 2.56. The summed E-state index contributed by atoms with van der Waals surface area (Å²) in [4.78, 5) is 18.3. The van der Waals surface area contributed by atoms with Crippen LogP contribution in [0.1, 0.15) is 13.3 Å². The van der Waals surface area contributed by atoms with E-state index in [0.717, 1.165) is 35.7 Å². The zero-order valence-electron chi connectivity index (χ0n) is 13.6. The van der Waals surface area contributed by atoms with Crippen molar-refractivity contribution in [1.82, 2.24) is 19.9 Å². The Kier molecular flexibility index (Phi) is 4.27. The van der Waals surface area contributed by atoms with E-state index in [1.54, 1.807) is 0 Å². The third kappa shape index (κ3) is 3.33. The van der Waals surface area contributed by atoms with Crippen LogP contribution in [0.5, 0.6) is 0 Å². The molecule has 3 aromatic rings. The van der Waals surface area contributed by atoms with E-state index < -0.39 is 0 Å². The minimum atomic E-state index is 0.643. The largest absolute Gasteiger partial charge is 0.378 e. The van der Waals surface area contributed by atoms with Crippen molar-refractivity contribution in [3.8, 4) is 0 Å². The first-order valence-electron chi connectivity index (χ1n) is 7.66. The predicted molar refractivity (Wildman–Crippen MR) is 94.5 cm³/mol. The van der Waals surface area contributed by atoms with Gasteiger partial charge in [-0.05, 0) is 24.6 Å². The number of anilines is 4. The fraction of sp³-hybridized carbons (Fsp3) is 0.312. The molecule has 7 heteroatoms. The van der Waals surface area contributed by atoms with Gasteiger partial charge in [-0.1, -0.05) is 13.0 Å². The molecule has 0 fully saturated rings. The number of imidazole rings is 1. The van der Waals surface area contributed by atoms with Crippen molar-refractivity contribution < 1.29 is 0 Å². The molecule has 1 aromatic carbocycles. The van der Waals surface area contributed by atoms with Gasteiger partial charge in [-0.2, -0.15) is 4.98 Å². The Balaban J connectivity index is 1.87. The zero-order chi connectivity index (χ0) is 16.2. The van der Waals surface area contributed by atoms with Crippen LogP contribution in [0, 0.1) is 0 Å². The summed E-state index contributed by atoms with van der Waals surface area (Å²) in [5.74, 6) is 1.43. The van der Waals surface area contributed by atoms with Gasteiger partial charge in [0.1, 0.15) is 11.8 Å². The molecule has 0 unspecified atom stereocenters. The predicted octanol–water partition coefficient (Wildman–Crippen LogP) is 2.98. The second kappa shape index (κ2) is 6.51. The van der Waals surface area contributed by atoms with Crippen LogP contribution < -0.4 is 15.5 Å². The SMILES string of the molecule is CCCNc1ncnc2nc(Nc3cccc(N(C)C)c3)[nH]c12. The summed E-state index contributed by atoms with van der Waals surface area (Å²) in [6, 6.07) is 8.13. The van der Waals surface area contributed by atoms with E-state index in [4.69, 9.17) is 0 Å². The first-order chi connectivity index (χ1) is 11.2. The molecular weight excluding hydrogens is 290 g/mol. The van der Waals surface area contributed by atoms with E-state index >= 15 is 0 Å². The van der Waals surface area contributed by atoms with Crippen LogP contribution in [0.4, 0.5) is 23.1 Å². The lowest BCUT2D eigenvalue weighted by atomic mass is 10.2. The van der Waals surface area contributed by atoms with Crippen LogP contribution in [0.25, 0.3) is 11.2 Å². The number of aromatic amines is 1. The minimum absolute atomic E-state index is 0.643. The molecule has 0 bridgehead atoms. The first-order valence-corrected chi connectivity index (χ1v) is 7.66. The highest BCUT2D eigenvalue weighted by molar-refractivity contribution is 5.84. The molecule has 3 rings (SSSR count). The first kappa shape index (κ1) is 15.1. The van der Waals surface area contributed by atoms with Gasteiger partial charge in [0.15, 0.2) is 11.5 Å². The number of hydrogen-bond donors (Lipinski definition) is 3. The van der Waals surface area contributed by atoms with Gasteiger partial charge in [-0.15, -0.1) is 0 Å². The normalized spacial score (nSPS) is 10.7. The van der Waals surface area contributed by atoms with E-state index in [1.807, 2.05) is 26.2 Å². The van der Waals surface area contributed by atoms with Gasteiger partial charge < -0.3 is 20.5 Å². The fourth-order valence-corrected chi connectivity index (χ4v) is 2.26. The third-order valence-electron chi connectivity index (χ3n) is 3.46. The van der Waals surface area contributed by atoms with Crippen LogP contribution in [0.15, 0.2) is 30.6 Å². The Hall–Kier alpha value is -2.83. The van der Waals surface area contributed by atoms with Crippen molar-refractivity contribution in [2.75, 3.05) is 36.2 Å². The number of nitrogens with one attached hydrogen (secondary N) is 3. The number of benzene rings is 1. The monoisotopic (exact) mass is 311 g/mol. The molecule has 0 aliphatic carbocycles. The molecule has 0 amide bonds. The van der Waals surface area contributed by atoms with Gasteiger partial charge in [0.25, 0.3) is 0 Å². The van der Waals surface area contributed by atoms with Gasteiger partial charge in [-0.25, -0.2) is 9.97 Å². The topological polar surface area (TPSA) is 81.8 Å². The van der Waals surface area contributed by atoms with Gasteiger partial charge in [0.2, 0.25) is 5.95 Å². The Morgan fingerprint density at radius 1 is 1.22 bits per heavy atom. The van der Waals surface area contributed by atoms with Crippen LogP contribution in [-0.2, 0) is 0 Å². The van der Waals surface area contributed by atoms with Crippen molar-refractivity contribution in [3.63, 3.8) is 0 Å². The molecule has 0 saturated carbocycles. The van der Waals surface area contributed by atoms with E-state index in [-0.39, 0.29) is 0 Å². The Labute approximate surface area is 135 Å². The zero-order valence-corrected chi connectivity index (χ0v) is 13.6. The highest BCUT2D eigenvalue weighted by Gasteiger charge is 2.09. The average Bonchev–Trinajstić information content (AvgIpc) is 2.96. The molecule has 0 radical (unpaired) electrons. The summed E-state index contributed by atoms with van der Waals surface area (Å²) >= 11 is 0. The maximum absolute atomic E-state index is 4.48. The number of fused-ring (bicyclic) bond motifs is 1. The maximum Gasteiger partial charge on any atom is 0.207 e. The average molecular weight is 311 g/mol. The van der Waals surface area contributed by atoms with Crippen molar-refractivity contribution in [1.29, 1.82) is 0 Å². The minimum Gasteiger partial charge on any atom is -0.378 e. The van der Waals surface area contributed by atoms with E-state index in [2.05, 4.69) is 54.5 Å². The standard InChI is InChI=1S/C16H21N7/c1-4-8-17-14-13-15(19-10-18-14)22-16(21-13)20-11-6-5-7-12(9-11)23(2)3/h5-7,9-10H,4,8H2,1-3H3,(H3,17,18,19,20,21,22). The molecular formula is C16H21N7. The summed E-state index contributed by atoms with van der Waals surface area (Å²) in [7, 11) is 4.03. The summed E-state index contributed by atoms with van der Waals surface area (Å²) in [5, 5.41) is 6.56. The molecule has 0 aliphatic heterocycles. The Morgan fingerprint density at radius 3 is 2.87 bits per heavy atom. The van der Waals surface area contributed by atoms with Crippen molar-refractivity contribution in [2.24, 2.45) is 0 Å². The van der Waals surface area contributed by atoms with Crippen LogP contribution in [-0.4, -0.2) is 40.6 Å². The lowest BCUT2D eigenvalue weighted by molar-refractivity contribution is 0.968. The van der Waals surface area contributed by atoms with E-state index in [1.165, 1.54) is 6.33 Å². The molecule has 0 spiro atoms. The highest BCUT2D eigenvalue weighted by Crippen LogP contribution is 2.23. The quantitative estimate of drug-likeness (QED) is 0.649. The van der Waals surface area contributed by atoms with Gasteiger partial charge >= 0.3 is 0 Å². The molecule has 7 nitrogen and oxygen atoms in total. The molecule has 2 heterocycles. The molecule has 120 valence electrons. The van der Waals surface area contributed by atoms with Gasteiger partial charge in [0.05, 0.1) is 0 Å².